The zero-order valence-electron chi connectivity index (χ0n) is 19.0. The molecule has 1 aliphatic heterocycles. The van der Waals surface area contributed by atoms with Crippen molar-refractivity contribution < 1.29 is 18.6 Å². The van der Waals surface area contributed by atoms with Crippen LogP contribution in [0.1, 0.15) is 60.1 Å². The monoisotopic (exact) mass is 456 g/mol. The van der Waals surface area contributed by atoms with Crippen LogP contribution < -0.4 is 4.74 Å². The molecule has 0 amide bonds. The van der Waals surface area contributed by atoms with Gasteiger partial charge in [-0.3, -0.25) is 4.90 Å². The van der Waals surface area contributed by atoms with E-state index in [1.54, 1.807) is 11.6 Å². The number of methoxy groups -OCH3 is 1. The number of aromatic nitrogens is 4. The van der Waals surface area contributed by atoms with Crippen molar-refractivity contribution in [3.05, 3.63) is 46.3 Å². The standard InChI is InChI=1S/C23H26F2N6O2/c1-12(24)21-18-13(2)27-11-28-23(18)31(29-21)14(3)17-7-15(8-26)20(25)19(22(17)33-4)16-9-30(10-16)5-6-32/h7,11-12,14,16,32H,5-6,9-10H2,1-4H3. The molecule has 1 saturated heterocycles. The van der Waals surface area contributed by atoms with Gasteiger partial charge in [0.25, 0.3) is 0 Å². The highest BCUT2D eigenvalue weighted by Gasteiger charge is 2.36. The Hall–Kier alpha value is -3.16. The molecule has 174 valence electrons. The lowest BCUT2D eigenvalue weighted by Gasteiger charge is -2.40. The topological polar surface area (TPSA) is 100 Å². The number of aliphatic hydroxyl groups is 1. The van der Waals surface area contributed by atoms with Crippen LogP contribution in [0.5, 0.6) is 5.75 Å². The maximum atomic E-state index is 15.3. The number of aryl methyl sites for hydroxylation is 1. The fraction of sp³-hybridized carbons (Fsp3) is 0.478. The molecule has 0 spiro atoms. The first-order chi connectivity index (χ1) is 15.8. The lowest BCUT2D eigenvalue weighted by molar-refractivity contribution is 0.112. The van der Waals surface area contributed by atoms with Crippen LogP contribution in [0.2, 0.25) is 0 Å². The van der Waals surface area contributed by atoms with Gasteiger partial charge in [-0.05, 0) is 26.8 Å². The van der Waals surface area contributed by atoms with Gasteiger partial charge in [0.15, 0.2) is 5.65 Å². The van der Waals surface area contributed by atoms with Crippen LogP contribution >= 0.6 is 0 Å². The highest BCUT2D eigenvalue weighted by Crippen LogP contribution is 2.42. The summed E-state index contributed by atoms with van der Waals surface area (Å²) in [5.41, 5.74) is 2.11. The number of aliphatic hydroxyl groups excluding tert-OH is 1. The van der Waals surface area contributed by atoms with Crippen LogP contribution in [-0.4, -0.2) is 63.1 Å². The molecule has 2 atom stereocenters. The summed E-state index contributed by atoms with van der Waals surface area (Å²) in [6.07, 6.45) is 0.0615. The summed E-state index contributed by atoms with van der Waals surface area (Å²) in [6.45, 7) is 6.64. The third kappa shape index (κ3) is 3.81. The van der Waals surface area contributed by atoms with Crippen LogP contribution in [0, 0.1) is 24.1 Å². The van der Waals surface area contributed by atoms with Crippen molar-refractivity contribution >= 4 is 11.0 Å². The second kappa shape index (κ2) is 9.00. The number of alkyl halides is 1. The molecular weight excluding hydrogens is 430 g/mol. The first-order valence-electron chi connectivity index (χ1n) is 10.8. The molecule has 33 heavy (non-hydrogen) atoms. The van der Waals surface area contributed by atoms with Crippen LogP contribution in [0.3, 0.4) is 0 Å². The minimum atomic E-state index is -1.33. The zero-order valence-corrected chi connectivity index (χ0v) is 19.0. The van der Waals surface area contributed by atoms with Crippen LogP contribution in [0.15, 0.2) is 12.4 Å². The number of ether oxygens (including phenoxy) is 1. The molecule has 0 aliphatic carbocycles. The molecule has 0 bridgehead atoms. The summed E-state index contributed by atoms with van der Waals surface area (Å²) < 4.78 is 36.9. The minimum absolute atomic E-state index is 0.0236. The van der Waals surface area contributed by atoms with Crippen molar-refractivity contribution in [2.45, 2.75) is 38.9 Å². The van der Waals surface area contributed by atoms with Crippen LogP contribution in [-0.2, 0) is 0 Å². The van der Waals surface area contributed by atoms with Crippen molar-refractivity contribution in [2.24, 2.45) is 0 Å². The maximum Gasteiger partial charge on any atom is 0.162 e. The van der Waals surface area contributed by atoms with Crippen LogP contribution in [0.4, 0.5) is 8.78 Å². The molecule has 1 fully saturated rings. The Balaban J connectivity index is 1.87. The molecule has 10 heteroatoms. The number of benzene rings is 1. The number of fused-ring (bicyclic) bond motifs is 1. The Morgan fingerprint density at radius 1 is 1.33 bits per heavy atom. The van der Waals surface area contributed by atoms with Crippen molar-refractivity contribution in [3.8, 4) is 11.8 Å². The largest absolute Gasteiger partial charge is 0.496 e. The number of halogens is 2. The van der Waals surface area contributed by atoms with Gasteiger partial charge in [-0.1, -0.05) is 0 Å². The summed E-state index contributed by atoms with van der Waals surface area (Å²) in [4.78, 5) is 10.5. The van der Waals surface area contributed by atoms with Gasteiger partial charge in [0.05, 0.1) is 36.4 Å². The Bertz CT molecular complexity index is 1230. The molecule has 1 aliphatic rings. The summed E-state index contributed by atoms with van der Waals surface area (Å²) >= 11 is 0. The number of nitriles is 1. The van der Waals surface area contributed by atoms with Gasteiger partial charge >= 0.3 is 0 Å². The smallest absolute Gasteiger partial charge is 0.162 e. The normalized spacial score (nSPS) is 16.4. The third-order valence-electron chi connectivity index (χ3n) is 6.28. The van der Waals surface area contributed by atoms with Crippen LogP contribution in [0.25, 0.3) is 11.0 Å². The number of nitrogens with zero attached hydrogens (tertiary/aromatic N) is 6. The third-order valence-corrected chi connectivity index (χ3v) is 6.28. The van der Waals surface area contributed by atoms with E-state index in [4.69, 9.17) is 9.84 Å². The van der Waals surface area contributed by atoms with Gasteiger partial charge in [0.2, 0.25) is 0 Å². The van der Waals surface area contributed by atoms with Gasteiger partial charge in [0, 0.05) is 36.7 Å². The number of hydrogen-bond acceptors (Lipinski definition) is 7. The van der Waals surface area contributed by atoms with E-state index in [0.717, 1.165) is 0 Å². The predicted octanol–water partition coefficient (Wildman–Crippen LogP) is 3.19. The van der Waals surface area contributed by atoms with E-state index in [-0.39, 0.29) is 23.8 Å². The van der Waals surface area contributed by atoms with Crippen molar-refractivity contribution in [1.29, 1.82) is 5.26 Å². The minimum Gasteiger partial charge on any atom is -0.496 e. The second-order valence-corrected chi connectivity index (χ2v) is 8.35. The molecule has 4 rings (SSSR count). The Morgan fingerprint density at radius 3 is 2.67 bits per heavy atom. The van der Waals surface area contributed by atoms with Crippen molar-refractivity contribution in [2.75, 3.05) is 33.4 Å². The molecule has 3 aromatic rings. The Morgan fingerprint density at radius 2 is 2.06 bits per heavy atom. The molecule has 2 unspecified atom stereocenters. The zero-order chi connectivity index (χ0) is 23.9. The van der Waals surface area contributed by atoms with E-state index >= 15 is 4.39 Å². The molecule has 0 radical (unpaired) electrons. The van der Waals surface area contributed by atoms with E-state index in [9.17, 15) is 9.65 Å². The lowest BCUT2D eigenvalue weighted by atomic mass is 9.86. The Kier molecular flexibility index (Phi) is 6.28. The quantitative estimate of drug-likeness (QED) is 0.583. The van der Waals surface area contributed by atoms with Gasteiger partial charge in [-0.15, -0.1) is 0 Å². The van der Waals surface area contributed by atoms with Gasteiger partial charge < -0.3 is 9.84 Å². The molecular formula is C23H26F2N6O2. The molecule has 1 aromatic carbocycles. The SMILES string of the molecule is COc1c(C(C)n2nc(C(C)F)c3c(C)ncnc32)cc(C#N)c(F)c1C1CN(CCO)C1. The first kappa shape index (κ1) is 23.0. The summed E-state index contributed by atoms with van der Waals surface area (Å²) in [6, 6.07) is 2.88. The summed E-state index contributed by atoms with van der Waals surface area (Å²) in [5.74, 6) is -0.427. The number of rotatable bonds is 7. The second-order valence-electron chi connectivity index (χ2n) is 8.35. The predicted molar refractivity (Wildman–Crippen MR) is 117 cm³/mol. The van der Waals surface area contributed by atoms with E-state index in [1.165, 1.54) is 26.4 Å². The fourth-order valence-corrected chi connectivity index (χ4v) is 4.57. The number of hydrogen-bond donors (Lipinski definition) is 1. The first-order valence-corrected chi connectivity index (χ1v) is 10.8. The molecule has 1 N–H and O–H groups in total. The number of likely N-dealkylation sites (tertiary alicyclic amines) is 1. The molecule has 8 nitrogen and oxygen atoms in total. The highest BCUT2D eigenvalue weighted by atomic mass is 19.1. The average Bonchev–Trinajstić information content (AvgIpc) is 3.17. The average molecular weight is 456 g/mol. The maximum absolute atomic E-state index is 15.3. The highest BCUT2D eigenvalue weighted by molar-refractivity contribution is 5.81. The van der Waals surface area contributed by atoms with E-state index < -0.39 is 18.0 Å². The van der Waals surface area contributed by atoms with Crippen molar-refractivity contribution in [3.63, 3.8) is 0 Å². The molecule has 0 saturated carbocycles. The van der Waals surface area contributed by atoms with Gasteiger partial charge in [-0.25, -0.2) is 23.4 Å². The van der Waals surface area contributed by atoms with E-state index in [1.807, 2.05) is 17.9 Å². The summed E-state index contributed by atoms with van der Waals surface area (Å²) in [5, 5.41) is 23.8. The Labute approximate surface area is 190 Å². The number of β-amino-alcohol motifs (C(OH)–C–C–N with tert-alkyl or cyclic N) is 1. The van der Waals surface area contributed by atoms with Gasteiger partial charge in [0.1, 0.15) is 35.8 Å². The molecule has 2 aromatic heterocycles. The molecule has 3 heterocycles. The van der Waals surface area contributed by atoms with E-state index in [2.05, 4.69) is 15.1 Å². The summed E-state index contributed by atoms with van der Waals surface area (Å²) in [7, 11) is 1.47. The fourth-order valence-electron chi connectivity index (χ4n) is 4.57. The van der Waals surface area contributed by atoms with Gasteiger partial charge in [-0.2, -0.15) is 10.4 Å². The van der Waals surface area contributed by atoms with Crippen molar-refractivity contribution in [1.82, 2.24) is 24.6 Å². The van der Waals surface area contributed by atoms with E-state index in [0.29, 0.717) is 53.2 Å². The lowest BCUT2D eigenvalue weighted by Crippen LogP contribution is -2.46.